The third-order valence-electron chi connectivity index (χ3n) is 4.18. The van der Waals surface area contributed by atoms with Crippen LogP contribution in [-0.4, -0.2) is 30.3 Å². The van der Waals surface area contributed by atoms with Crippen molar-refractivity contribution in [2.45, 2.75) is 52.2 Å². The molecule has 0 spiro atoms. The monoisotopic (exact) mass is 262 g/mol. The van der Waals surface area contributed by atoms with Crippen molar-refractivity contribution in [2.24, 2.45) is 5.92 Å². The molecule has 0 aromatic carbocycles. The number of aryl methyl sites for hydroxylation is 1. The fraction of sp³-hybridized carbons (Fsp3) is 0.688. The molecule has 2 rings (SSSR count). The van der Waals surface area contributed by atoms with Gasteiger partial charge in [-0.1, -0.05) is 19.9 Å². The van der Waals surface area contributed by atoms with Crippen molar-refractivity contribution in [3.63, 3.8) is 0 Å². The highest BCUT2D eigenvalue weighted by Crippen LogP contribution is 2.28. The predicted molar refractivity (Wildman–Crippen MR) is 78.3 cm³/mol. The minimum absolute atomic E-state index is 0.410. The summed E-state index contributed by atoms with van der Waals surface area (Å²) in [6, 6.07) is 4.63. The van der Waals surface area contributed by atoms with Gasteiger partial charge in [0.05, 0.1) is 6.10 Å². The van der Waals surface area contributed by atoms with E-state index in [9.17, 15) is 0 Å². The fourth-order valence-corrected chi connectivity index (χ4v) is 3.12. The summed E-state index contributed by atoms with van der Waals surface area (Å²) in [5.74, 6) is 0.617. The van der Waals surface area contributed by atoms with E-state index >= 15 is 0 Å². The van der Waals surface area contributed by atoms with Crippen LogP contribution in [0.25, 0.3) is 0 Å². The Hall–Kier alpha value is -0.930. The number of pyridine rings is 1. The Balaban J connectivity index is 2.09. The number of hydrogen-bond acceptors (Lipinski definition) is 3. The molecule has 106 valence electrons. The summed E-state index contributed by atoms with van der Waals surface area (Å²) in [6.07, 6.45) is 5.59. The van der Waals surface area contributed by atoms with Gasteiger partial charge in [0.1, 0.15) is 0 Å². The van der Waals surface area contributed by atoms with Crippen molar-refractivity contribution < 1.29 is 4.74 Å². The molecule has 19 heavy (non-hydrogen) atoms. The fourth-order valence-electron chi connectivity index (χ4n) is 3.12. The minimum Gasteiger partial charge on any atom is -0.378 e. The van der Waals surface area contributed by atoms with E-state index in [0.717, 1.165) is 26.0 Å². The zero-order chi connectivity index (χ0) is 13.7. The van der Waals surface area contributed by atoms with Gasteiger partial charge in [0.25, 0.3) is 0 Å². The first kappa shape index (κ1) is 14.5. The van der Waals surface area contributed by atoms with Crippen LogP contribution in [0.1, 0.15) is 37.9 Å². The van der Waals surface area contributed by atoms with E-state index in [1.165, 1.54) is 17.7 Å². The molecule has 3 unspecified atom stereocenters. The van der Waals surface area contributed by atoms with Crippen LogP contribution in [0.3, 0.4) is 0 Å². The lowest BCUT2D eigenvalue weighted by atomic mass is 9.87. The normalized spacial score (nSPS) is 24.6. The molecule has 1 saturated heterocycles. The lowest BCUT2D eigenvalue weighted by molar-refractivity contribution is 0.0775. The lowest BCUT2D eigenvalue weighted by Crippen LogP contribution is -2.41. The van der Waals surface area contributed by atoms with Gasteiger partial charge in [-0.3, -0.25) is 4.98 Å². The third-order valence-corrected chi connectivity index (χ3v) is 4.18. The van der Waals surface area contributed by atoms with Crippen molar-refractivity contribution in [1.82, 2.24) is 10.3 Å². The smallest absolute Gasteiger partial charge is 0.0616 e. The van der Waals surface area contributed by atoms with E-state index in [0.29, 0.717) is 18.1 Å². The van der Waals surface area contributed by atoms with E-state index < -0.39 is 0 Å². The van der Waals surface area contributed by atoms with E-state index in [1.54, 1.807) is 0 Å². The number of ether oxygens (including phenoxy) is 1. The van der Waals surface area contributed by atoms with Gasteiger partial charge >= 0.3 is 0 Å². The molecule has 0 aliphatic carbocycles. The highest BCUT2D eigenvalue weighted by atomic mass is 16.5. The molecule has 0 saturated carbocycles. The van der Waals surface area contributed by atoms with Crippen LogP contribution in [-0.2, 0) is 11.2 Å². The number of nitrogens with one attached hydrogen (secondary N) is 1. The molecule has 0 amide bonds. The first-order valence-electron chi connectivity index (χ1n) is 7.51. The first-order chi connectivity index (χ1) is 9.26. The summed E-state index contributed by atoms with van der Waals surface area (Å²) in [6.45, 7) is 8.45. The van der Waals surface area contributed by atoms with Gasteiger partial charge in [-0.15, -0.1) is 0 Å². The molecule has 2 heterocycles. The van der Waals surface area contributed by atoms with E-state index in [4.69, 9.17) is 4.74 Å². The quantitative estimate of drug-likeness (QED) is 0.856. The maximum absolute atomic E-state index is 5.85. The van der Waals surface area contributed by atoms with E-state index in [-0.39, 0.29) is 0 Å². The van der Waals surface area contributed by atoms with Crippen LogP contribution < -0.4 is 5.32 Å². The standard InChI is InChI=1S/C16H26N2O/c1-4-16-13(8-10-19-16)15(17-5-2)11-14-12(3)7-6-9-18-14/h6-7,9,13,15-17H,4-5,8,10-11H2,1-3H3. The van der Waals surface area contributed by atoms with Crippen LogP contribution in [0.5, 0.6) is 0 Å². The van der Waals surface area contributed by atoms with Gasteiger partial charge in [-0.05, 0) is 37.9 Å². The second-order valence-corrected chi connectivity index (χ2v) is 5.41. The number of nitrogens with zero attached hydrogens (tertiary/aromatic N) is 1. The third kappa shape index (κ3) is 3.54. The molecule has 3 nitrogen and oxygen atoms in total. The highest BCUT2D eigenvalue weighted by molar-refractivity contribution is 5.19. The summed E-state index contributed by atoms with van der Waals surface area (Å²) < 4.78 is 5.85. The van der Waals surface area contributed by atoms with Crippen LogP contribution in [0, 0.1) is 12.8 Å². The summed E-state index contributed by atoms with van der Waals surface area (Å²) in [7, 11) is 0. The van der Waals surface area contributed by atoms with E-state index in [1.807, 2.05) is 12.3 Å². The molecular weight excluding hydrogens is 236 g/mol. The summed E-state index contributed by atoms with van der Waals surface area (Å²) in [5.41, 5.74) is 2.51. The second-order valence-electron chi connectivity index (χ2n) is 5.41. The number of rotatable bonds is 6. The van der Waals surface area contributed by atoms with Gasteiger partial charge in [0, 0.05) is 36.9 Å². The Morgan fingerprint density at radius 3 is 3.00 bits per heavy atom. The number of aromatic nitrogens is 1. The van der Waals surface area contributed by atoms with Crippen LogP contribution in [0.2, 0.25) is 0 Å². The van der Waals surface area contributed by atoms with Crippen LogP contribution in [0.15, 0.2) is 18.3 Å². The Morgan fingerprint density at radius 2 is 2.32 bits per heavy atom. The van der Waals surface area contributed by atoms with Gasteiger partial charge < -0.3 is 10.1 Å². The van der Waals surface area contributed by atoms with Crippen molar-refractivity contribution in [3.05, 3.63) is 29.6 Å². The molecule has 0 bridgehead atoms. The van der Waals surface area contributed by atoms with Crippen molar-refractivity contribution in [3.8, 4) is 0 Å². The SMILES string of the molecule is CCNC(Cc1ncccc1C)C1CCOC1CC. The Bertz CT molecular complexity index is 394. The summed E-state index contributed by atoms with van der Waals surface area (Å²) in [5, 5.41) is 3.64. The molecule has 1 fully saturated rings. The van der Waals surface area contributed by atoms with Crippen molar-refractivity contribution in [1.29, 1.82) is 0 Å². The van der Waals surface area contributed by atoms with Gasteiger partial charge in [-0.25, -0.2) is 0 Å². The van der Waals surface area contributed by atoms with Gasteiger partial charge in [0.15, 0.2) is 0 Å². The molecule has 3 atom stereocenters. The van der Waals surface area contributed by atoms with Crippen LogP contribution in [0.4, 0.5) is 0 Å². The summed E-state index contributed by atoms with van der Waals surface area (Å²) >= 11 is 0. The minimum atomic E-state index is 0.410. The molecule has 1 N–H and O–H groups in total. The zero-order valence-electron chi connectivity index (χ0n) is 12.4. The average molecular weight is 262 g/mol. The van der Waals surface area contributed by atoms with Gasteiger partial charge in [0.2, 0.25) is 0 Å². The molecule has 1 aliphatic rings. The summed E-state index contributed by atoms with van der Waals surface area (Å²) in [4.78, 5) is 4.54. The molecule has 1 aliphatic heterocycles. The van der Waals surface area contributed by atoms with E-state index in [2.05, 4.69) is 37.1 Å². The van der Waals surface area contributed by atoms with Crippen LogP contribution >= 0.6 is 0 Å². The largest absolute Gasteiger partial charge is 0.378 e. The molecular formula is C16H26N2O. The average Bonchev–Trinajstić information content (AvgIpc) is 2.89. The van der Waals surface area contributed by atoms with Crippen molar-refractivity contribution in [2.75, 3.05) is 13.2 Å². The highest BCUT2D eigenvalue weighted by Gasteiger charge is 2.33. The molecule has 3 heteroatoms. The van der Waals surface area contributed by atoms with Crippen molar-refractivity contribution >= 4 is 0 Å². The Kier molecular flexibility index (Phi) is 5.34. The molecule has 0 radical (unpaired) electrons. The lowest BCUT2D eigenvalue weighted by Gasteiger charge is -2.28. The number of likely N-dealkylation sites (N-methyl/N-ethyl adjacent to an activating group) is 1. The van der Waals surface area contributed by atoms with Gasteiger partial charge in [-0.2, -0.15) is 0 Å². The second kappa shape index (κ2) is 7.01. The Labute approximate surface area is 116 Å². The maximum atomic E-state index is 5.85. The zero-order valence-corrected chi connectivity index (χ0v) is 12.4. The predicted octanol–water partition coefficient (Wildman–Crippen LogP) is 2.73. The maximum Gasteiger partial charge on any atom is 0.0616 e. The Morgan fingerprint density at radius 1 is 1.47 bits per heavy atom. The molecule has 1 aromatic rings. The first-order valence-corrected chi connectivity index (χ1v) is 7.51. The topological polar surface area (TPSA) is 34.2 Å². The molecule has 1 aromatic heterocycles. The number of hydrogen-bond donors (Lipinski definition) is 1.